The molecule has 19 heavy (non-hydrogen) atoms. The Kier molecular flexibility index (Phi) is 5.10. The molecule has 0 aliphatic carbocycles. The van der Waals surface area contributed by atoms with Gasteiger partial charge in [0.1, 0.15) is 5.82 Å². The molecule has 1 atom stereocenters. The van der Waals surface area contributed by atoms with Crippen molar-refractivity contribution in [2.75, 3.05) is 30.4 Å². The Hall–Kier alpha value is -0.750. The van der Waals surface area contributed by atoms with Gasteiger partial charge in [-0.1, -0.05) is 30.1 Å². The molecular weight excluding hydrogens is 285 g/mol. The van der Waals surface area contributed by atoms with Crippen molar-refractivity contribution in [3.63, 3.8) is 0 Å². The molecule has 0 aromatic carbocycles. The summed E-state index contributed by atoms with van der Waals surface area (Å²) in [5, 5.41) is 4.30. The zero-order valence-corrected chi connectivity index (χ0v) is 12.4. The number of nitrogen functional groups attached to an aromatic ring is 1. The fraction of sp³-hybridized carbons (Fsp3) is 0.583. The maximum Gasteiger partial charge on any atom is 0.161 e. The van der Waals surface area contributed by atoms with Gasteiger partial charge in [0.15, 0.2) is 5.82 Å². The van der Waals surface area contributed by atoms with E-state index in [1.165, 1.54) is 6.42 Å². The van der Waals surface area contributed by atoms with Gasteiger partial charge in [0, 0.05) is 12.6 Å². The predicted molar refractivity (Wildman–Crippen MR) is 80.8 cm³/mol. The smallest absolute Gasteiger partial charge is 0.161 e. The molecule has 0 spiro atoms. The van der Waals surface area contributed by atoms with Gasteiger partial charge in [-0.15, -0.1) is 0 Å². The summed E-state index contributed by atoms with van der Waals surface area (Å²) in [7, 11) is 0. The Morgan fingerprint density at radius 3 is 2.84 bits per heavy atom. The molecule has 0 radical (unpaired) electrons. The highest BCUT2D eigenvalue weighted by Gasteiger charge is 2.20. The van der Waals surface area contributed by atoms with E-state index in [-0.39, 0.29) is 0 Å². The van der Waals surface area contributed by atoms with Gasteiger partial charge in [0.05, 0.1) is 10.0 Å². The van der Waals surface area contributed by atoms with E-state index in [0.717, 1.165) is 26.1 Å². The molecule has 2 heterocycles. The molecule has 1 aromatic rings. The van der Waals surface area contributed by atoms with Crippen LogP contribution in [-0.2, 0) is 0 Å². The summed E-state index contributed by atoms with van der Waals surface area (Å²) in [5.41, 5.74) is 2.47. The number of hydrogen-bond donors (Lipinski definition) is 3. The van der Waals surface area contributed by atoms with Crippen LogP contribution in [0.15, 0.2) is 6.07 Å². The minimum absolute atomic E-state index is 0.352. The average molecular weight is 304 g/mol. The number of pyridine rings is 1. The number of nitrogens with two attached hydrogens (primary N) is 1. The number of anilines is 2. The number of aromatic nitrogens is 1. The number of likely N-dealkylation sites (tertiary alicyclic amines) is 1. The Bertz CT molecular complexity index is 440. The monoisotopic (exact) mass is 303 g/mol. The van der Waals surface area contributed by atoms with Crippen molar-refractivity contribution in [1.29, 1.82) is 0 Å². The number of rotatable bonds is 4. The van der Waals surface area contributed by atoms with Gasteiger partial charge in [-0.3, -0.25) is 0 Å². The van der Waals surface area contributed by atoms with Crippen molar-refractivity contribution in [3.8, 4) is 0 Å². The van der Waals surface area contributed by atoms with Gasteiger partial charge >= 0.3 is 0 Å². The molecule has 5 nitrogen and oxygen atoms in total. The van der Waals surface area contributed by atoms with Crippen molar-refractivity contribution in [3.05, 3.63) is 16.1 Å². The highest BCUT2D eigenvalue weighted by atomic mass is 35.5. The van der Waals surface area contributed by atoms with Gasteiger partial charge in [-0.25, -0.2) is 10.8 Å². The number of halogens is 2. The van der Waals surface area contributed by atoms with Crippen LogP contribution in [0.4, 0.5) is 11.6 Å². The lowest BCUT2D eigenvalue weighted by Crippen LogP contribution is -2.42. The van der Waals surface area contributed by atoms with Crippen LogP contribution in [-0.4, -0.2) is 35.6 Å². The van der Waals surface area contributed by atoms with Gasteiger partial charge in [0.2, 0.25) is 0 Å². The van der Waals surface area contributed by atoms with E-state index in [0.29, 0.717) is 27.7 Å². The van der Waals surface area contributed by atoms with E-state index >= 15 is 0 Å². The second kappa shape index (κ2) is 6.61. The first-order chi connectivity index (χ1) is 9.13. The molecule has 106 valence electrons. The molecule has 7 heteroatoms. The molecule has 0 saturated carbocycles. The Morgan fingerprint density at radius 1 is 1.42 bits per heavy atom. The molecule has 0 amide bonds. The molecule has 1 fully saturated rings. The molecule has 1 unspecified atom stereocenters. The van der Waals surface area contributed by atoms with E-state index in [2.05, 4.69) is 27.6 Å². The lowest BCUT2D eigenvalue weighted by molar-refractivity contribution is 0.226. The number of likely N-dealkylation sites (N-methyl/N-ethyl adjacent to an activating group) is 1. The largest absolute Gasteiger partial charge is 0.365 e. The van der Waals surface area contributed by atoms with Crippen LogP contribution in [0, 0.1) is 0 Å². The number of piperidine rings is 1. The van der Waals surface area contributed by atoms with Crippen LogP contribution in [0.1, 0.15) is 19.8 Å². The maximum absolute atomic E-state index is 6.16. The summed E-state index contributed by atoms with van der Waals surface area (Å²) in [6, 6.07) is 2.00. The van der Waals surface area contributed by atoms with E-state index in [4.69, 9.17) is 29.0 Å². The maximum atomic E-state index is 6.16. The van der Waals surface area contributed by atoms with Gasteiger partial charge < -0.3 is 15.6 Å². The van der Waals surface area contributed by atoms with E-state index < -0.39 is 0 Å². The van der Waals surface area contributed by atoms with Crippen LogP contribution in [0.3, 0.4) is 0 Å². The number of hydrazine groups is 1. The van der Waals surface area contributed by atoms with Crippen molar-refractivity contribution in [1.82, 2.24) is 9.88 Å². The summed E-state index contributed by atoms with van der Waals surface area (Å²) in [6.07, 6.45) is 2.29. The van der Waals surface area contributed by atoms with E-state index in [1.54, 1.807) is 6.07 Å². The zero-order valence-electron chi connectivity index (χ0n) is 10.9. The summed E-state index contributed by atoms with van der Waals surface area (Å²) >= 11 is 12.1. The first-order valence-electron chi connectivity index (χ1n) is 6.45. The summed E-state index contributed by atoms with van der Waals surface area (Å²) in [5.74, 6) is 6.42. The quantitative estimate of drug-likeness (QED) is 0.589. The molecule has 0 bridgehead atoms. The Balaban J connectivity index is 2.10. The van der Waals surface area contributed by atoms with Crippen LogP contribution in [0.25, 0.3) is 0 Å². The molecular formula is C12H19Cl2N5. The molecule has 1 aliphatic rings. The Morgan fingerprint density at radius 2 is 2.16 bits per heavy atom. The second-order valence-corrected chi connectivity index (χ2v) is 5.48. The normalized spacial score (nSPS) is 20.3. The summed E-state index contributed by atoms with van der Waals surface area (Å²) < 4.78 is 0. The molecule has 2 rings (SSSR count). The van der Waals surface area contributed by atoms with E-state index in [9.17, 15) is 0 Å². The van der Waals surface area contributed by atoms with Crippen LogP contribution >= 0.6 is 23.2 Å². The molecule has 1 saturated heterocycles. The Labute approximate surface area is 123 Å². The lowest BCUT2D eigenvalue weighted by atomic mass is 10.1. The minimum atomic E-state index is 0.352. The van der Waals surface area contributed by atoms with Crippen molar-refractivity contribution in [2.24, 2.45) is 5.84 Å². The SMILES string of the molecule is CCN1CCCC(Nc2nc(NN)c(Cl)cc2Cl)C1. The van der Waals surface area contributed by atoms with Gasteiger partial charge in [-0.2, -0.15) is 0 Å². The average Bonchev–Trinajstić information content (AvgIpc) is 2.42. The molecule has 1 aliphatic heterocycles. The number of nitrogens with one attached hydrogen (secondary N) is 2. The standard InChI is InChI=1S/C12H19Cl2N5/c1-2-19-5-3-4-8(7-19)16-11-9(13)6-10(14)12(17-11)18-15/h6,8H,2-5,7,15H2,1H3,(H2,16,17,18). The van der Waals surface area contributed by atoms with Crippen molar-refractivity contribution in [2.45, 2.75) is 25.8 Å². The minimum Gasteiger partial charge on any atom is -0.365 e. The first-order valence-corrected chi connectivity index (χ1v) is 7.21. The number of hydrogen-bond acceptors (Lipinski definition) is 5. The number of nitrogens with zero attached hydrogens (tertiary/aromatic N) is 2. The van der Waals surface area contributed by atoms with Gasteiger partial charge in [-0.05, 0) is 32.0 Å². The topological polar surface area (TPSA) is 66.2 Å². The summed E-state index contributed by atoms with van der Waals surface area (Å²) in [4.78, 5) is 6.72. The fourth-order valence-electron chi connectivity index (χ4n) is 2.32. The van der Waals surface area contributed by atoms with Crippen LogP contribution in [0.5, 0.6) is 0 Å². The van der Waals surface area contributed by atoms with Crippen molar-refractivity contribution < 1.29 is 0 Å². The highest BCUT2D eigenvalue weighted by Crippen LogP contribution is 2.29. The molecule has 1 aromatic heterocycles. The zero-order chi connectivity index (χ0) is 13.8. The highest BCUT2D eigenvalue weighted by molar-refractivity contribution is 6.37. The third-order valence-corrected chi connectivity index (χ3v) is 3.94. The van der Waals surface area contributed by atoms with Crippen LogP contribution < -0.4 is 16.6 Å². The first kappa shape index (κ1) is 14.7. The lowest BCUT2D eigenvalue weighted by Gasteiger charge is -2.32. The molecule has 4 N–H and O–H groups in total. The summed E-state index contributed by atoms with van der Waals surface area (Å²) in [6.45, 7) is 5.40. The van der Waals surface area contributed by atoms with Crippen LogP contribution in [0.2, 0.25) is 10.0 Å². The fourth-order valence-corrected chi connectivity index (χ4v) is 2.79. The predicted octanol–water partition coefficient (Wildman–Crippen LogP) is 2.57. The van der Waals surface area contributed by atoms with E-state index in [1.807, 2.05) is 0 Å². The second-order valence-electron chi connectivity index (χ2n) is 4.67. The third-order valence-electron chi connectivity index (χ3n) is 3.36. The van der Waals surface area contributed by atoms with Gasteiger partial charge in [0.25, 0.3) is 0 Å². The van der Waals surface area contributed by atoms with Crippen molar-refractivity contribution >= 4 is 34.8 Å². The third kappa shape index (κ3) is 3.63.